The molecule has 4 aromatic heterocycles. The summed E-state index contributed by atoms with van der Waals surface area (Å²) in [6.07, 6.45) is 0. The third kappa shape index (κ3) is 2.67. The maximum absolute atomic E-state index is 13.7. The minimum Gasteiger partial charge on any atom is -0.456 e. The molecule has 6 nitrogen and oxygen atoms in total. The van der Waals surface area contributed by atoms with Crippen molar-refractivity contribution in [2.75, 3.05) is 0 Å². The Kier molecular flexibility index (Phi) is 3.85. The van der Waals surface area contributed by atoms with Crippen LogP contribution in [0.2, 0.25) is 0 Å². The van der Waals surface area contributed by atoms with Crippen molar-refractivity contribution in [1.29, 1.82) is 0 Å². The van der Waals surface area contributed by atoms with Crippen molar-refractivity contribution in [2.24, 2.45) is 0 Å². The number of aromatic nitrogens is 4. The standard InChI is InChI=1S/C33H18N4O2/c38-33-21-8-1-3-11-23(21)34-32-31-35-24-18-19(16-17-25(24)36(31)26-12-4-5-13-27(26)37(32)33)20-10-7-15-29-30(20)22-9-2-6-14-28(22)39-29/h1-18H. The van der Waals surface area contributed by atoms with Gasteiger partial charge >= 0.3 is 0 Å². The van der Waals surface area contributed by atoms with Crippen LogP contribution in [-0.2, 0) is 0 Å². The molecule has 0 bridgehead atoms. The second-order valence-electron chi connectivity index (χ2n) is 9.83. The molecule has 0 N–H and O–H groups in total. The van der Waals surface area contributed by atoms with Crippen LogP contribution in [-0.4, -0.2) is 18.8 Å². The third-order valence-electron chi connectivity index (χ3n) is 7.71. The van der Waals surface area contributed by atoms with Gasteiger partial charge in [0, 0.05) is 10.8 Å². The van der Waals surface area contributed by atoms with Gasteiger partial charge in [-0.1, -0.05) is 60.7 Å². The molecular weight excluding hydrogens is 484 g/mol. The summed E-state index contributed by atoms with van der Waals surface area (Å²) in [5, 5.41) is 2.76. The number of hydrogen-bond donors (Lipinski definition) is 0. The Bertz CT molecular complexity index is 2530. The predicted molar refractivity (Wildman–Crippen MR) is 155 cm³/mol. The Hall–Kier alpha value is -5.49. The van der Waals surface area contributed by atoms with Crippen molar-refractivity contribution < 1.29 is 4.42 Å². The van der Waals surface area contributed by atoms with Gasteiger partial charge < -0.3 is 4.42 Å². The predicted octanol–water partition coefficient (Wildman–Crippen LogP) is 7.37. The highest BCUT2D eigenvalue weighted by Crippen LogP contribution is 2.38. The van der Waals surface area contributed by atoms with Crippen LogP contribution in [0.5, 0.6) is 0 Å². The Morgan fingerprint density at radius 2 is 1.26 bits per heavy atom. The molecule has 39 heavy (non-hydrogen) atoms. The number of benzene rings is 5. The molecule has 0 radical (unpaired) electrons. The van der Waals surface area contributed by atoms with Crippen LogP contribution < -0.4 is 5.56 Å². The quantitative estimate of drug-likeness (QED) is 0.174. The van der Waals surface area contributed by atoms with Crippen molar-refractivity contribution in [2.45, 2.75) is 0 Å². The van der Waals surface area contributed by atoms with Crippen molar-refractivity contribution in [1.82, 2.24) is 18.8 Å². The Morgan fingerprint density at radius 3 is 2.15 bits per heavy atom. The summed E-state index contributed by atoms with van der Waals surface area (Å²) in [5.74, 6) is 0. The first-order valence-electron chi connectivity index (χ1n) is 12.8. The zero-order chi connectivity index (χ0) is 25.7. The molecule has 182 valence electrons. The van der Waals surface area contributed by atoms with E-state index in [1.54, 1.807) is 4.40 Å². The van der Waals surface area contributed by atoms with Crippen LogP contribution in [0.3, 0.4) is 0 Å². The van der Waals surface area contributed by atoms with Crippen LogP contribution in [0.25, 0.3) is 77.3 Å². The maximum Gasteiger partial charge on any atom is 0.266 e. The van der Waals surface area contributed by atoms with Crippen molar-refractivity contribution in [3.05, 3.63) is 120 Å². The lowest BCUT2D eigenvalue weighted by Crippen LogP contribution is -2.17. The number of fused-ring (bicyclic) bond motifs is 12. The monoisotopic (exact) mass is 502 g/mol. The van der Waals surface area contributed by atoms with Gasteiger partial charge in [-0.15, -0.1) is 0 Å². The molecule has 9 rings (SSSR count). The number of furan rings is 1. The summed E-state index contributed by atoms with van der Waals surface area (Å²) in [4.78, 5) is 23.7. The summed E-state index contributed by atoms with van der Waals surface area (Å²) >= 11 is 0. The summed E-state index contributed by atoms with van der Waals surface area (Å²) in [5.41, 5.74) is 9.10. The van der Waals surface area contributed by atoms with E-state index in [1.165, 1.54) is 0 Å². The zero-order valence-electron chi connectivity index (χ0n) is 20.5. The molecule has 0 unspecified atom stereocenters. The highest BCUT2D eigenvalue weighted by Gasteiger charge is 2.19. The molecule has 4 heterocycles. The van der Waals surface area contributed by atoms with Crippen LogP contribution in [0, 0.1) is 0 Å². The van der Waals surface area contributed by atoms with Gasteiger partial charge in [-0.05, 0) is 59.7 Å². The minimum absolute atomic E-state index is 0.0967. The SMILES string of the molecule is O=c1c2ccccc2nc2c3nc4cc(-c5cccc6oc7ccccc7c56)ccc4n3c3ccccc3n12. The molecule has 5 aromatic carbocycles. The van der Waals surface area contributed by atoms with E-state index >= 15 is 0 Å². The summed E-state index contributed by atoms with van der Waals surface area (Å²) in [7, 11) is 0. The second kappa shape index (κ2) is 7.30. The molecule has 0 aliphatic carbocycles. The molecule has 0 saturated heterocycles. The van der Waals surface area contributed by atoms with Gasteiger partial charge in [0.2, 0.25) is 0 Å². The van der Waals surface area contributed by atoms with E-state index in [0.717, 1.165) is 55.1 Å². The average molecular weight is 503 g/mol. The molecule has 0 aliphatic heterocycles. The number of hydrogen-bond acceptors (Lipinski definition) is 4. The molecule has 0 spiro atoms. The van der Waals surface area contributed by atoms with Gasteiger partial charge in [-0.2, -0.15) is 0 Å². The van der Waals surface area contributed by atoms with Crippen molar-refractivity contribution >= 4 is 66.2 Å². The molecule has 0 saturated carbocycles. The fourth-order valence-corrected chi connectivity index (χ4v) is 6.01. The average Bonchev–Trinajstić information content (AvgIpc) is 3.56. The van der Waals surface area contributed by atoms with Crippen LogP contribution in [0.1, 0.15) is 0 Å². The Balaban J connectivity index is 1.42. The molecule has 0 fully saturated rings. The molecule has 0 aliphatic rings. The van der Waals surface area contributed by atoms with Crippen molar-refractivity contribution in [3.8, 4) is 11.1 Å². The summed E-state index contributed by atoms with van der Waals surface area (Å²) in [6, 6.07) is 36.0. The lowest BCUT2D eigenvalue weighted by molar-refractivity contribution is 0.669. The number of para-hydroxylation sites is 4. The van der Waals surface area contributed by atoms with E-state index in [1.807, 2.05) is 78.9 Å². The van der Waals surface area contributed by atoms with E-state index in [0.29, 0.717) is 22.2 Å². The summed E-state index contributed by atoms with van der Waals surface area (Å²) < 4.78 is 9.93. The van der Waals surface area contributed by atoms with Crippen LogP contribution in [0.15, 0.2) is 118 Å². The maximum atomic E-state index is 13.7. The molecule has 9 aromatic rings. The number of rotatable bonds is 1. The Labute approximate surface area is 220 Å². The highest BCUT2D eigenvalue weighted by atomic mass is 16.3. The third-order valence-corrected chi connectivity index (χ3v) is 7.71. The van der Waals surface area contributed by atoms with E-state index < -0.39 is 0 Å². The van der Waals surface area contributed by atoms with E-state index in [2.05, 4.69) is 34.7 Å². The number of nitrogens with zero attached hydrogens (tertiary/aromatic N) is 4. The first kappa shape index (κ1) is 20.6. The first-order valence-corrected chi connectivity index (χ1v) is 12.8. The Morgan fingerprint density at radius 1 is 0.564 bits per heavy atom. The fourth-order valence-electron chi connectivity index (χ4n) is 6.01. The van der Waals surface area contributed by atoms with Gasteiger partial charge in [-0.3, -0.25) is 13.6 Å². The van der Waals surface area contributed by atoms with Gasteiger partial charge in [0.25, 0.3) is 5.56 Å². The molecule has 0 amide bonds. The van der Waals surface area contributed by atoms with Gasteiger partial charge in [0.05, 0.1) is 33.0 Å². The largest absolute Gasteiger partial charge is 0.456 e. The first-order chi connectivity index (χ1) is 19.3. The highest BCUT2D eigenvalue weighted by molar-refractivity contribution is 6.13. The van der Waals surface area contributed by atoms with E-state index in [-0.39, 0.29) is 5.56 Å². The van der Waals surface area contributed by atoms with Gasteiger partial charge in [-0.25, -0.2) is 9.97 Å². The second-order valence-corrected chi connectivity index (χ2v) is 9.83. The normalized spacial score (nSPS) is 12.2. The van der Waals surface area contributed by atoms with Crippen LogP contribution in [0.4, 0.5) is 0 Å². The van der Waals surface area contributed by atoms with Gasteiger partial charge in [0.15, 0.2) is 11.3 Å². The smallest absolute Gasteiger partial charge is 0.266 e. The lowest BCUT2D eigenvalue weighted by atomic mass is 9.99. The molecule has 0 atom stereocenters. The van der Waals surface area contributed by atoms with Crippen molar-refractivity contribution in [3.63, 3.8) is 0 Å². The van der Waals surface area contributed by atoms with Gasteiger partial charge in [0.1, 0.15) is 11.2 Å². The zero-order valence-corrected chi connectivity index (χ0v) is 20.5. The molecule has 6 heteroatoms. The number of imidazole rings is 1. The topological polar surface area (TPSA) is 64.8 Å². The fraction of sp³-hybridized carbons (Fsp3) is 0. The van der Waals surface area contributed by atoms with E-state index in [4.69, 9.17) is 14.4 Å². The molecular formula is C33H18N4O2. The summed E-state index contributed by atoms with van der Waals surface area (Å²) in [6.45, 7) is 0. The minimum atomic E-state index is -0.0967. The van der Waals surface area contributed by atoms with Crippen LogP contribution >= 0.6 is 0 Å². The van der Waals surface area contributed by atoms with E-state index in [9.17, 15) is 4.79 Å². The lowest BCUT2D eigenvalue weighted by Gasteiger charge is -2.10.